The van der Waals surface area contributed by atoms with E-state index >= 15 is 0 Å². The van der Waals surface area contributed by atoms with Crippen molar-refractivity contribution in [3.63, 3.8) is 0 Å². The third kappa shape index (κ3) is 3.15. The summed E-state index contributed by atoms with van der Waals surface area (Å²) in [6, 6.07) is 8.01. The number of hydrogen-bond acceptors (Lipinski definition) is 4. The summed E-state index contributed by atoms with van der Waals surface area (Å²) in [4.78, 5) is 40.5. The van der Waals surface area contributed by atoms with Crippen LogP contribution in [0.3, 0.4) is 0 Å². The van der Waals surface area contributed by atoms with Gasteiger partial charge in [0.15, 0.2) is 0 Å². The SMILES string of the molecule is C[C@@H]1CCCN(C(=O)CN2C(=O)N[C@@](C)(c3cccc(C#N)c3)C2=O)C1. The second-order valence-electron chi connectivity index (χ2n) is 7.23. The van der Waals surface area contributed by atoms with E-state index < -0.39 is 17.5 Å². The highest BCUT2D eigenvalue weighted by atomic mass is 16.2. The number of likely N-dealkylation sites (tertiary alicyclic amines) is 1. The van der Waals surface area contributed by atoms with Gasteiger partial charge in [0.05, 0.1) is 11.6 Å². The highest BCUT2D eigenvalue weighted by Gasteiger charge is 2.49. The average Bonchev–Trinajstić information content (AvgIpc) is 2.86. The van der Waals surface area contributed by atoms with Gasteiger partial charge in [-0.15, -0.1) is 0 Å². The van der Waals surface area contributed by atoms with Crippen molar-refractivity contribution in [3.8, 4) is 6.07 Å². The summed E-state index contributed by atoms with van der Waals surface area (Å²) in [6.07, 6.45) is 2.02. The van der Waals surface area contributed by atoms with E-state index in [-0.39, 0.29) is 12.5 Å². The molecule has 7 nitrogen and oxygen atoms in total. The van der Waals surface area contributed by atoms with Gasteiger partial charge in [0, 0.05) is 13.1 Å². The van der Waals surface area contributed by atoms with Gasteiger partial charge in [-0.1, -0.05) is 19.1 Å². The maximum absolute atomic E-state index is 12.9. The van der Waals surface area contributed by atoms with Crippen molar-refractivity contribution in [2.75, 3.05) is 19.6 Å². The average molecular weight is 354 g/mol. The van der Waals surface area contributed by atoms with Gasteiger partial charge < -0.3 is 10.2 Å². The summed E-state index contributed by atoms with van der Waals surface area (Å²) < 4.78 is 0. The number of nitriles is 1. The Labute approximate surface area is 152 Å². The number of hydrogen-bond donors (Lipinski definition) is 1. The largest absolute Gasteiger partial charge is 0.341 e. The number of nitrogens with one attached hydrogen (secondary N) is 1. The van der Waals surface area contributed by atoms with E-state index in [2.05, 4.69) is 12.2 Å². The molecule has 3 rings (SSSR count). The van der Waals surface area contributed by atoms with Gasteiger partial charge in [0.25, 0.3) is 5.91 Å². The first-order valence-corrected chi connectivity index (χ1v) is 8.77. The second kappa shape index (κ2) is 6.79. The monoisotopic (exact) mass is 354 g/mol. The fourth-order valence-electron chi connectivity index (χ4n) is 3.59. The lowest BCUT2D eigenvalue weighted by Crippen LogP contribution is -2.47. The Bertz CT molecular complexity index is 800. The van der Waals surface area contributed by atoms with Gasteiger partial charge in [-0.05, 0) is 43.4 Å². The van der Waals surface area contributed by atoms with Crippen molar-refractivity contribution < 1.29 is 14.4 Å². The smallest absolute Gasteiger partial charge is 0.325 e. The van der Waals surface area contributed by atoms with E-state index in [1.165, 1.54) is 0 Å². The van der Waals surface area contributed by atoms with Gasteiger partial charge >= 0.3 is 6.03 Å². The third-order valence-corrected chi connectivity index (χ3v) is 5.15. The lowest BCUT2D eigenvalue weighted by Gasteiger charge is -2.31. The van der Waals surface area contributed by atoms with Gasteiger partial charge in [-0.3, -0.25) is 14.5 Å². The van der Waals surface area contributed by atoms with Gasteiger partial charge in [0.1, 0.15) is 12.1 Å². The van der Waals surface area contributed by atoms with Crippen LogP contribution >= 0.6 is 0 Å². The molecule has 0 unspecified atom stereocenters. The minimum Gasteiger partial charge on any atom is -0.341 e. The van der Waals surface area contributed by atoms with Crippen LogP contribution in [0.15, 0.2) is 24.3 Å². The summed E-state index contributed by atoms with van der Waals surface area (Å²) in [5.41, 5.74) is -0.349. The first-order chi connectivity index (χ1) is 12.3. The molecule has 0 aliphatic carbocycles. The molecule has 0 radical (unpaired) electrons. The Morgan fingerprint density at radius 2 is 2.19 bits per heavy atom. The maximum Gasteiger partial charge on any atom is 0.325 e. The quantitative estimate of drug-likeness (QED) is 0.834. The molecule has 1 aromatic carbocycles. The van der Waals surface area contributed by atoms with Crippen LogP contribution in [0.2, 0.25) is 0 Å². The predicted molar refractivity (Wildman–Crippen MR) is 93.7 cm³/mol. The molecule has 4 amide bonds. The predicted octanol–water partition coefficient (Wildman–Crippen LogP) is 1.58. The van der Waals surface area contributed by atoms with Crippen LogP contribution in [0.1, 0.15) is 37.8 Å². The van der Waals surface area contributed by atoms with E-state index in [1.54, 1.807) is 36.1 Å². The number of amides is 4. The van der Waals surface area contributed by atoms with Gasteiger partial charge in [0.2, 0.25) is 5.91 Å². The summed E-state index contributed by atoms with van der Waals surface area (Å²) in [5, 5.41) is 11.7. The fraction of sp³-hybridized carbons (Fsp3) is 0.474. The van der Waals surface area contributed by atoms with Crippen LogP contribution in [0.4, 0.5) is 4.79 Å². The molecule has 2 atom stereocenters. The highest BCUT2D eigenvalue weighted by Crippen LogP contribution is 2.29. The second-order valence-corrected chi connectivity index (χ2v) is 7.23. The Morgan fingerprint density at radius 3 is 2.88 bits per heavy atom. The Balaban J connectivity index is 1.78. The van der Waals surface area contributed by atoms with Crippen LogP contribution in [0.25, 0.3) is 0 Å². The van der Waals surface area contributed by atoms with Gasteiger partial charge in [-0.25, -0.2) is 4.79 Å². The number of carbonyl (C=O) groups excluding carboxylic acids is 3. The molecule has 2 fully saturated rings. The number of piperidine rings is 1. The molecule has 7 heteroatoms. The lowest BCUT2D eigenvalue weighted by molar-refractivity contribution is -0.139. The molecule has 2 aliphatic heterocycles. The van der Waals surface area contributed by atoms with Crippen molar-refractivity contribution >= 4 is 17.8 Å². The fourth-order valence-corrected chi connectivity index (χ4v) is 3.59. The molecule has 2 saturated heterocycles. The third-order valence-electron chi connectivity index (χ3n) is 5.15. The first-order valence-electron chi connectivity index (χ1n) is 8.77. The molecule has 2 heterocycles. The molecule has 136 valence electrons. The van der Waals surface area contributed by atoms with E-state index in [4.69, 9.17) is 5.26 Å². The summed E-state index contributed by atoms with van der Waals surface area (Å²) >= 11 is 0. The van der Waals surface area contributed by atoms with Crippen LogP contribution in [-0.4, -0.2) is 47.3 Å². The Kier molecular flexibility index (Phi) is 4.68. The molecular formula is C19H22N4O3. The van der Waals surface area contributed by atoms with Crippen molar-refractivity contribution in [3.05, 3.63) is 35.4 Å². The molecule has 0 aromatic heterocycles. The zero-order valence-electron chi connectivity index (χ0n) is 15.0. The van der Waals surface area contributed by atoms with Crippen molar-refractivity contribution in [2.24, 2.45) is 5.92 Å². The van der Waals surface area contributed by atoms with E-state index in [0.717, 1.165) is 17.7 Å². The zero-order chi connectivity index (χ0) is 18.9. The van der Waals surface area contributed by atoms with Crippen LogP contribution < -0.4 is 5.32 Å². The summed E-state index contributed by atoms with van der Waals surface area (Å²) in [7, 11) is 0. The maximum atomic E-state index is 12.9. The lowest BCUT2D eigenvalue weighted by atomic mass is 9.91. The number of urea groups is 1. The standard InChI is InChI=1S/C19H22N4O3/c1-13-5-4-8-22(11-13)16(24)12-23-17(25)19(2,21-18(23)26)15-7-3-6-14(9-15)10-20/h3,6-7,9,13H,4-5,8,11-12H2,1-2H3,(H,21,26)/t13-,19+/m1/s1. The Morgan fingerprint density at radius 1 is 1.42 bits per heavy atom. The zero-order valence-corrected chi connectivity index (χ0v) is 15.0. The highest BCUT2D eigenvalue weighted by molar-refractivity contribution is 6.09. The molecule has 1 N–H and O–H groups in total. The van der Waals surface area contributed by atoms with Crippen molar-refractivity contribution in [1.29, 1.82) is 5.26 Å². The summed E-state index contributed by atoms with van der Waals surface area (Å²) in [6.45, 7) is 4.74. The van der Waals surface area contributed by atoms with Gasteiger partial charge in [-0.2, -0.15) is 5.26 Å². The van der Waals surface area contributed by atoms with E-state index in [0.29, 0.717) is 30.1 Å². The number of rotatable bonds is 3. The molecule has 0 saturated carbocycles. The molecular weight excluding hydrogens is 332 g/mol. The molecule has 1 aromatic rings. The van der Waals surface area contributed by atoms with E-state index in [9.17, 15) is 14.4 Å². The first kappa shape index (κ1) is 17.9. The van der Waals surface area contributed by atoms with Crippen molar-refractivity contribution in [1.82, 2.24) is 15.1 Å². The number of imide groups is 1. The van der Waals surface area contributed by atoms with Crippen LogP contribution in [0, 0.1) is 17.2 Å². The van der Waals surface area contributed by atoms with Crippen LogP contribution in [0.5, 0.6) is 0 Å². The molecule has 0 bridgehead atoms. The van der Waals surface area contributed by atoms with Crippen LogP contribution in [-0.2, 0) is 15.1 Å². The van der Waals surface area contributed by atoms with Crippen molar-refractivity contribution in [2.45, 2.75) is 32.2 Å². The Hall–Kier alpha value is -2.88. The minimum absolute atomic E-state index is 0.213. The van der Waals surface area contributed by atoms with E-state index in [1.807, 2.05) is 6.07 Å². The number of nitrogens with zero attached hydrogens (tertiary/aromatic N) is 3. The minimum atomic E-state index is -1.28. The number of benzene rings is 1. The molecule has 2 aliphatic rings. The normalized spacial score (nSPS) is 25.8. The molecule has 0 spiro atoms. The molecule has 26 heavy (non-hydrogen) atoms. The summed E-state index contributed by atoms with van der Waals surface area (Å²) in [5.74, 6) is -0.263. The number of carbonyl (C=O) groups is 3. The topological polar surface area (TPSA) is 93.5 Å².